The highest BCUT2D eigenvalue weighted by molar-refractivity contribution is 6.21. The first kappa shape index (κ1) is 17.1. The van der Waals surface area contributed by atoms with Crippen molar-refractivity contribution in [2.75, 3.05) is 45.8 Å². The molecule has 1 aromatic rings. The van der Waals surface area contributed by atoms with E-state index in [1.54, 1.807) is 12.1 Å². The van der Waals surface area contributed by atoms with Crippen molar-refractivity contribution in [1.82, 2.24) is 14.7 Å². The van der Waals surface area contributed by atoms with Crippen LogP contribution in [0.15, 0.2) is 24.3 Å². The van der Waals surface area contributed by atoms with Crippen LogP contribution in [0.5, 0.6) is 0 Å². The second-order valence-electron chi connectivity index (χ2n) is 7.20. The summed E-state index contributed by atoms with van der Waals surface area (Å²) < 4.78 is 0. The molecule has 0 atom stereocenters. The number of carbonyl (C=O) groups excluding carboxylic acids is 2. The van der Waals surface area contributed by atoms with E-state index in [1.807, 2.05) is 12.1 Å². The Morgan fingerprint density at radius 2 is 1.42 bits per heavy atom. The summed E-state index contributed by atoms with van der Waals surface area (Å²) in [6, 6.07) is 7.10. The molecule has 0 N–H and O–H groups in total. The number of fused-ring (bicyclic) bond motifs is 1. The Labute approximate surface area is 144 Å². The fourth-order valence-electron chi connectivity index (χ4n) is 3.61. The van der Waals surface area contributed by atoms with Crippen LogP contribution in [-0.4, -0.2) is 72.3 Å². The first-order valence-corrected chi connectivity index (χ1v) is 8.96. The van der Waals surface area contributed by atoms with Crippen molar-refractivity contribution >= 4 is 11.8 Å². The molecular weight excluding hydrogens is 302 g/mol. The van der Waals surface area contributed by atoms with E-state index in [4.69, 9.17) is 0 Å². The molecule has 0 radical (unpaired) electrons. The monoisotopic (exact) mass is 329 g/mol. The number of rotatable bonds is 6. The van der Waals surface area contributed by atoms with Gasteiger partial charge in [0.15, 0.2) is 0 Å². The van der Waals surface area contributed by atoms with Gasteiger partial charge in [-0.25, -0.2) is 0 Å². The molecule has 1 fully saturated rings. The van der Waals surface area contributed by atoms with Crippen molar-refractivity contribution in [2.45, 2.75) is 20.3 Å². The lowest BCUT2D eigenvalue weighted by molar-refractivity contribution is 0.0640. The Morgan fingerprint density at radius 3 is 1.96 bits per heavy atom. The molecule has 130 valence electrons. The van der Waals surface area contributed by atoms with Crippen LogP contribution in [0, 0.1) is 5.92 Å². The van der Waals surface area contributed by atoms with Gasteiger partial charge in [-0.1, -0.05) is 26.0 Å². The molecule has 1 saturated heterocycles. The van der Waals surface area contributed by atoms with E-state index in [0.29, 0.717) is 23.6 Å². The van der Waals surface area contributed by atoms with Crippen molar-refractivity contribution in [3.63, 3.8) is 0 Å². The van der Waals surface area contributed by atoms with Gasteiger partial charge in [-0.05, 0) is 31.0 Å². The minimum Gasteiger partial charge on any atom is -0.301 e. The Morgan fingerprint density at radius 1 is 0.875 bits per heavy atom. The van der Waals surface area contributed by atoms with E-state index in [-0.39, 0.29) is 11.8 Å². The lowest BCUT2D eigenvalue weighted by atomic mass is 10.1. The molecule has 2 amide bonds. The van der Waals surface area contributed by atoms with Crippen molar-refractivity contribution < 1.29 is 9.59 Å². The third-order valence-corrected chi connectivity index (χ3v) is 4.82. The van der Waals surface area contributed by atoms with Gasteiger partial charge in [0, 0.05) is 39.3 Å². The molecule has 5 nitrogen and oxygen atoms in total. The maximum Gasteiger partial charge on any atom is 0.261 e. The molecule has 5 heteroatoms. The molecule has 1 aromatic carbocycles. The van der Waals surface area contributed by atoms with Gasteiger partial charge in [0.05, 0.1) is 11.1 Å². The van der Waals surface area contributed by atoms with Crippen LogP contribution in [0.1, 0.15) is 41.0 Å². The number of hydrogen-bond donors (Lipinski definition) is 0. The van der Waals surface area contributed by atoms with Crippen LogP contribution in [-0.2, 0) is 0 Å². The molecule has 0 saturated carbocycles. The smallest absolute Gasteiger partial charge is 0.261 e. The third-order valence-electron chi connectivity index (χ3n) is 4.82. The highest BCUT2D eigenvalue weighted by atomic mass is 16.2. The molecule has 0 bridgehead atoms. The van der Waals surface area contributed by atoms with Gasteiger partial charge in [-0.15, -0.1) is 0 Å². The molecule has 0 unspecified atom stereocenters. The van der Waals surface area contributed by atoms with E-state index < -0.39 is 0 Å². The standard InChI is InChI=1S/C19H27N3O2/c1-15(2)14-21-12-10-20(11-13-21)8-5-9-22-18(23)16-6-3-4-7-17(16)19(22)24/h3-4,6-7,15H,5,8-14H2,1-2H3. The molecule has 0 aromatic heterocycles. The highest BCUT2D eigenvalue weighted by Crippen LogP contribution is 2.22. The first-order chi connectivity index (χ1) is 11.6. The van der Waals surface area contributed by atoms with Crippen LogP contribution in [0.25, 0.3) is 0 Å². The van der Waals surface area contributed by atoms with Gasteiger partial charge in [-0.2, -0.15) is 0 Å². The van der Waals surface area contributed by atoms with Gasteiger partial charge in [0.1, 0.15) is 0 Å². The predicted molar refractivity (Wildman–Crippen MR) is 94.1 cm³/mol. The van der Waals surface area contributed by atoms with E-state index in [0.717, 1.165) is 39.1 Å². The average molecular weight is 329 g/mol. The van der Waals surface area contributed by atoms with Crippen LogP contribution in [0.3, 0.4) is 0 Å². The number of carbonyl (C=O) groups is 2. The van der Waals surface area contributed by atoms with Crippen molar-refractivity contribution in [2.24, 2.45) is 5.92 Å². The van der Waals surface area contributed by atoms with E-state index in [2.05, 4.69) is 23.6 Å². The number of piperazine rings is 1. The van der Waals surface area contributed by atoms with E-state index in [1.165, 1.54) is 11.4 Å². The van der Waals surface area contributed by atoms with Crippen LogP contribution < -0.4 is 0 Å². The Balaban J connectivity index is 1.44. The average Bonchev–Trinajstić information content (AvgIpc) is 2.81. The first-order valence-electron chi connectivity index (χ1n) is 8.96. The van der Waals surface area contributed by atoms with Gasteiger partial charge in [0.2, 0.25) is 0 Å². The lowest BCUT2D eigenvalue weighted by Crippen LogP contribution is -2.48. The summed E-state index contributed by atoms with van der Waals surface area (Å²) in [4.78, 5) is 31.0. The zero-order valence-electron chi connectivity index (χ0n) is 14.7. The van der Waals surface area contributed by atoms with Crippen molar-refractivity contribution in [3.8, 4) is 0 Å². The number of hydrogen-bond acceptors (Lipinski definition) is 4. The molecule has 0 spiro atoms. The zero-order chi connectivity index (χ0) is 17.1. The topological polar surface area (TPSA) is 43.9 Å². The predicted octanol–water partition coefficient (Wildman–Crippen LogP) is 1.95. The molecule has 2 aliphatic heterocycles. The molecule has 2 heterocycles. The third kappa shape index (κ3) is 3.68. The van der Waals surface area contributed by atoms with Gasteiger partial charge >= 0.3 is 0 Å². The maximum absolute atomic E-state index is 12.3. The van der Waals surface area contributed by atoms with Crippen LogP contribution in [0.2, 0.25) is 0 Å². The summed E-state index contributed by atoms with van der Waals surface area (Å²) in [6.07, 6.45) is 0.843. The lowest BCUT2D eigenvalue weighted by Gasteiger charge is -2.35. The molecule has 2 aliphatic rings. The van der Waals surface area contributed by atoms with E-state index in [9.17, 15) is 9.59 Å². The number of benzene rings is 1. The fourth-order valence-corrected chi connectivity index (χ4v) is 3.61. The van der Waals surface area contributed by atoms with Crippen molar-refractivity contribution in [3.05, 3.63) is 35.4 Å². The summed E-state index contributed by atoms with van der Waals surface area (Å²) in [7, 11) is 0. The minimum absolute atomic E-state index is 0.141. The van der Waals surface area contributed by atoms with Crippen LogP contribution in [0.4, 0.5) is 0 Å². The van der Waals surface area contributed by atoms with Crippen molar-refractivity contribution in [1.29, 1.82) is 0 Å². The Bertz CT molecular complexity index is 571. The summed E-state index contributed by atoms with van der Waals surface area (Å²) in [6.45, 7) is 11.5. The molecule has 24 heavy (non-hydrogen) atoms. The summed E-state index contributed by atoms with van der Waals surface area (Å²) in [5.74, 6) is 0.431. The summed E-state index contributed by atoms with van der Waals surface area (Å²) in [5.41, 5.74) is 1.09. The summed E-state index contributed by atoms with van der Waals surface area (Å²) >= 11 is 0. The fraction of sp³-hybridized carbons (Fsp3) is 0.579. The molecule has 0 aliphatic carbocycles. The zero-order valence-corrected chi connectivity index (χ0v) is 14.7. The second-order valence-corrected chi connectivity index (χ2v) is 7.20. The summed E-state index contributed by atoms with van der Waals surface area (Å²) in [5, 5.41) is 0. The maximum atomic E-state index is 12.3. The second kappa shape index (κ2) is 7.45. The van der Waals surface area contributed by atoms with E-state index >= 15 is 0 Å². The highest BCUT2D eigenvalue weighted by Gasteiger charge is 2.34. The number of amides is 2. The normalized spacial score (nSPS) is 19.4. The number of nitrogens with zero attached hydrogens (tertiary/aromatic N) is 3. The molecular formula is C19H27N3O2. The quantitative estimate of drug-likeness (QED) is 0.748. The SMILES string of the molecule is CC(C)CN1CCN(CCCN2C(=O)c3ccccc3C2=O)CC1. The minimum atomic E-state index is -0.141. The van der Waals surface area contributed by atoms with Gasteiger partial charge < -0.3 is 9.80 Å². The Hall–Kier alpha value is -1.72. The largest absolute Gasteiger partial charge is 0.301 e. The van der Waals surface area contributed by atoms with Gasteiger partial charge in [0.25, 0.3) is 11.8 Å². The molecule has 3 rings (SSSR count). The Kier molecular flexibility index (Phi) is 5.31. The van der Waals surface area contributed by atoms with Crippen LogP contribution >= 0.6 is 0 Å². The number of imide groups is 1. The van der Waals surface area contributed by atoms with Gasteiger partial charge in [-0.3, -0.25) is 14.5 Å².